The SMILES string of the molecule is C/C=C(/C)C(=O)OC[C@@]1(C)CCC[C@]2(C)[C@@H](CC[C@H](C)CC(=O)O)C(C)=CC[C@@H]12. The van der Waals surface area contributed by atoms with E-state index in [4.69, 9.17) is 9.84 Å². The highest BCUT2D eigenvalue weighted by Crippen LogP contribution is 2.60. The second-order valence-electron chi connectivity index (χ2n) is 10.1. The van der Waals surface area contributed by atoms with Crippen LogP contribution in [0.15, 0.2) is 23.3 Å². The molecule has 0 amide bonds. The molecule has 0 saturated heterocycles. The molecule has 2 aliphatic carbocycles. The van der Waals surface area contributed by atoms with Gasteiger partial charge in [0.25, 0.3) is 0 Å². The van der Waals surface area contributed by atoms with Crippen LogP contribution in [0.1, 0.15) is 86.5 Å². The van der Waals surface area contributed by atoms with Crippen molar-refractivity contribution in [2.24, 2.45) is 28.6 Å². The summed E-state index contributed by atoms with van der Waals surface area (Å²) in [5.74, 6) is 0.239. The number of hydrogen-bond acceptors (Lipinski definition) is 3. The van der Waals surface area contributed by atoms with Crippen LogP contribution >= 0.6 is 0 Å². The van der Waals surface area contributed by atoms with Crippen LogP contribution in [0.5, 0.6) is 0 Å². The van der Waals surface area contributed by atoms with Crippen LogP contribution in [0.4, 0.5) is 0 Å². The molecule has 4 nitrogen and oxygen atoms in total. The van der Waals surface area contributed by atoms with Gasteiger partial charge in [0.05, 0.1) is 6.61 Å². The average Bonchev–Trinajstić information content (AvgIpc) is 2.64. The lowest BCUT2D eigenvalue weighted by molar-refractivity contribution is -0.149. The Kier molecular flexibility index (Phi) is 7.75. The number of carbonyl (C=O) groups excluding carboxylic acids is 1. The van der Waals surface area contributed by atoms with Gasteiger partial charge in [-0.25, -0.2) is 4.79 Å². The van der Waals surface area contributed by atoms with Crippen LogP contribution in [0.25, 0.3) is 0 Å². The largest absolute Gasteiger partial charge is 0.481 e. The molecule has 0 aromatic rings. The number of carboxylic acids is 1. The molecule has 1 N–H and O–H groups in total. The van der Waals surface area contributed by atoms with Crippen molar-refractivity contribution in [3.8, 4) is 0 Å². The summed E-state index contributed by atoms with van der Waals surface area (Å²) < 4.78 is 5.74. The van der Waals surface area contributed by atoms with Gasteiger partial charge in [0, 0.05) is 17.4 Å². The van der Waals surface area contributed by atoms with Gasteiger partial charge in [-0.15, -0.1) is 0 Å². The second-order valence-corrected chi connectivity index (χ2v) is 10.1. The molecule has 5 atom stereocenters. The van der Waals surface area contributed by atoms with Gasteiger partial charge in [0.2, 0.25) is 0 Å². The minimum atomic E-state index is -0.707. The molecule has 1 fully saturated rings. The van der Waals surface area contributed by atoms with Crippen LogP contribution in [-0.2, 0) is 14.3 Å². The van der Waals surface area contributed by atoms with Gasteiger partial charge in [0.1, 0.15) is 0 Å². The molecule has 0 aliphatic heterocycles. The molecule has 4 heteroatoms. The van der Waals surface area contributed by atoms with Gasteiger partial charge in [-0.1, -0.05) is 44.9 Å². The van der Waals surface area contributed by atoms with Gasteiger partial charge < -0.3 is 9.84 Å². The standard InChI is InChI=1S/C25H40O4/c1-7-18(3)23(28)29-16-24(5)13-8-14-25(6)20(19(4)10-12-21(24)25)11-9-17(2)15-22(26)27/h7,10,17,20-21H,8-9,11-16H2,1-6H3,(H,26,27)/b18-7-/t17-,20-,21-,24+,25+/m0/s1. The third-order valence-corrected chi connectivity index (χ3v) is 7.88. The summed E-state index contributed by atoms with van der Waals surface area (Å²) in [5, 5.41) is 9.08. The van der Waals surface area contributed by atoms with Crippen molar-refractivity contribution in [3.05, 3.63) is 23.3 Å². The fraction of sp³-hybridized carbons (Fsp3) is 0.760. The maximum absolute atomic E-state index is 12.2. The fourth-order valence-corrected chi connectivity index (χ4v) is 6.00. The topological polar surface area (TPSA) is 63.6 Å². The van der Waals surface area contributed by atoms with Crippen LogP contribution in [0.3, 0.4) is 0 Å². The minimum Gasteiger partial charge on any atom is -0.481 e. The second kappa shape index (κ2) is 9.49. The van der Waals surface area contributed by atoms with Crippen molar-refractivity contribution in [3.63, 3.8) is 0 Å². The van der Waals surface area contributed by atoms with E-state index < -0.39 is 5.97 Å². The molecule has 0 heterocycles. The van der Waals surface area contributed by atoms with E-state index in [1.54, 1.807) is 13.0 Å². The van der Waals surface area contributed by atoms with Crippen LogP contribution in [-0.4, -0.2) is 23.7 Å². The summed E-state index contributed by atoms with van der Waals surface area (Å²) in [5.41, 5.74) is 2.28. The maximum Gasteiger partial charge on any atom is 0.333 e. The van der Waals surface area contributed by atoms with Crippen LogP contribution in [0.2, 0.25) is 0 Å². The molecule has 0 aromatic heterocycles. The Morgan fingerprint density at radius 3 is 2.66 bits per heavy atom. The summed E-state index contributed by atoms with van der Waals surface area (Å²) in [6, 6.07) is 0. The molecule has 0 aromatic carbocycles. The van der Waals surface area contributed by atoms with Crippen molar-refractivity contribution in [1.29, 1.82) is 0 Å². The van der Waals surface area contributed by atoms with E-state index in [1.807, 2.05) is 13.8 Å². The molecule has 0 bridgehead atoms. The number of carbonyl (C=O) groups is 2. The highest BCUT2D eigenvalue weighted by atomic mass is 16.5. The van der Waals surface area contributed by atoms with E-state index in [1.165, 1.54) is 12.0 Å². The zero-order valence-corrected chi connectivity index (χ0v) is 19.2. The highest BCUT2D eigenvalue weighted by Gasteiger charge is 2.53. The average molecular weight is 405 g/mol. The van der Waals surface area contributed by atoms with Crippen molar-refractivity contribution >= 4 is 11.9 Å². The molecule has 29 heavy (non-hydrogen) atoms. The Morgan fingerprint density at radius 2 is 2.03 bits per heavy atom. The summed E-state index contributed by atoms with van der Waals surface area (Å²) in [7, 11) is 0. The predicted molar refractivity (Wildman–Crippen MR) is 116 cm³/mol. The molecular formula is C25H40O4. The number of ether oxygens (including phenoxy) is 1. The predicted octanol–water partition coefficient (Wildman–Crippen LogP) is 6.17. The number of allylic oxidation sites excluding steroid dienone is 3. The highest BCUT2D eigenvalue weighted by molar-refractivity contribution is 5.87. The number of hydrogen-bond donors (Lipinski definition) is 1. The first-order chi connectivity index (χ1) is 13.5. The Bertz CT molecular complexity index is 676. The quantitative estimate of drug-likeness (QED) is 0.299. The van der Waals surface area contributed by atoms with Gasteiger partial charge >= 0.3 is 11.9 Å². The lowest BCUT2D eigenvalue weighted by Crippen LogP contribution is -2.51. The molecule has 0 radical (unpaired) electrons. The van der Waals surface area contributed by atoms with E-state index in [0.29, 0.717) is 24.0 Å². The molecule has 0 spiro atoms. The third kappa shape index (κ3) is 5.32. The number of aliphatic carboxylic acids is 1. The maximum atomic E-state index is 12.2. The van der Waals surface area contributed by atoms with Crippen molar-refractivity contribution in [1.82, 2.24) is 0 Å². The Morgan fingerprint density at radius 1 is 1.34 bits per heavy atom. The number of fused-ring (bicyclic) bond motifs is 1. The number of carboxylic acid groups (broad SMARTS) is 1. The van der Waals surface area contributed by atoms with Gasteiger partial charge in [-0.2, -0.15) is 0 Å². The number of rotatable bonds is 8. The molecule has 0 unspecified atom stereocenters. The van der Waals surface area contributed by atoms with Gasteiger partial charge in [-0.05, 0) is 76.0 Å². The monoisotopic (exact) mass is 404 g/mol. The summed E-state index contributed by atoms with van der Waals surface area (Å²) in [4.78, 5) is 23.3. The summed E-state index contributed by atoms with van der Waals surface area (Å²) in [6.07, 6.45) is 10.9. The van der Waals surface area contributed by atoms with E-state index in [2.05, 4.69) is 26.8 Å². The number of esters is 1. The smallest absolute Gasteiger partial charge is 0.333 e. The molecule has 164 valence electrons. The van der Waals surface area contributed by atoms with Crippen molar-refractivity contribution in [2.45, 2.75) is 86.5 Å². The Labute approximate surface area is 176 Å². The lowest BCUT2D eigenvalue weighted by atomic mass is 9.48. The zero-order valence-electron chi connectivity index (χ0n) is 19.2. The lowest BCUT2D eigenvalue weighted by Gasteiger charge is -2.57. The minimum absolute atomic E-state index is 0.0151. The van der Waals surface area contributed by atoms with E-state index in [9.17, 15) is 9.59 Å². The van der Waals surface area contributed by atoms with Crippen LogP contribution in [0, 0.1) is 28.6 Å². The molecule has 1 saturated carbocycles. The zero-order chi connectivity index (χ0) is 21.8. The fourth-order valence-electron chi connectivity index (χ4n) is 6.00. The first kappa shape index (κ1) is 23.7. The Hall–Kier alpha value is -1.58. The summed E-state index contributed by atoms with van der Waals surface area (Å²) >= 11 is 0. The first-order valence-electron chi connectivity index (χ1n) is 11.2. The molecular weight excluding hydrogens is 364 g/mol. The van der Waals surface area contributed by atoms with Crippen LogP contribution < -0.4 is 0 Å². The van der Waals surface area contributed by atoms with Gasteiger partial charge in [0.15, 0.2) is 0 Å². The van der Waals surface area contributed by atoms with E-state index in [-0.39, 0.29) is 29.1 Å². The van der Waals surface area contributed by atoms with E-state index >= 15 is 0 Å². The third-order valence-electron chi connectivity index (χ3n) is 7.88. The molecule has 2 aliphatic rings. The van der Waals surface area contributed by atoms with E-state index in [0.717, 1.165) is 32.1 Å². The van der Waals surface area contributed by atoms with Gasteiger partial charge in [-0.3, -0.25) is 4.79 Å². The normalized spacial score (nSPS) is 33.4. The van der Waals surface area contributed by atoms with Crippen molar-refractivity contribution in [2.75, 3.05) is 6.61 Å². The first-order valence-corrected chi connectivity index (χ1v) is 11.2. The summed E-state index contributed by atoms with van der Waals surface area (Å²) in [6.45, 7) is 13.2. The molecule has 2 rings (SSSR count). The Balaban J connectivity index is 2.16. The van der Waals surface area contributed by atoms with Crippen molar-refractivity contribution < 1.29 is 19.4 Å².